The van der Waals surface area contributed by atoms with Gasteiger partial charge >= 0.3 is 6.18 Å². The number of anilines is 2. The summed E-state index contributed by atoms with van der Waals surface area (Å²) in [5.41, 5.74) is -2.71. The number of morpholine rings is 1. The molecule has 0 bridgehead atoms. The van der Waals surface area contributed by atoms with Crippen molar-refractivity contribution >= 4 is 17.5 Å². The summed E-state index contributed by atoms with van der Waals surface area (Å²) in [6.07, 6.45) is -4.92. The van der Waals surface area contributed by atoms with Gasteiger partial charge in [0, 0.05) is 25.1 Å². The number of fused-ring (bicyclic) bond motifs is 1. The molecule has 0 amide bonds. The van der Waals surface area contributed by atoms with Crippen LogP contribution in [0.1, 0.15) is 34.1 Å². The van der Waals surface area contributed by atoms with Crippen LogP contribution in [0, 0.1) is 5.92 Å². The summed E-state index contributed by atoms with van der Waals surface area (Å²) >= 11 is 0. The lowest BCUT2D eigenvalue weighted by Crippen LogP contribution is -2.63. The predicted octanol–water partition coefficient (Wildman–Crippen LogP) is 2.22. The van der Waals surface area contributed by atoms with E-state index in [0.29, 0.717) is 25.6 Å². The standard InChI is InChI=1S/C19H27F3N4O3/c1-12(2)14(27)10-26-17-23-15(24-7-8-29-11-13(24)3)9-16(28)25(17)6-5-18(26,4)19(20,21)22/h9,12-13H,5-8,10-11H2,1-4H3/t13-,18+/m1/s1. The fourth-order valence-electron chi connectivity index (χ4n) is 3.68. The Morgan fingerprint density at radius 2 is 2.07 bits per heavy atom. The minimum atomic E-state index is -4.59. The topological polar surface area (TPSA) is 67.7 Å². The first-order chi connectivity index (χ1) is 13.5. The summed E-state index contributed by atoms with van der Waals surface area (Å²) in [6.45, 7) is 7.06. The fourth-order valence-corrected chi connectivity index (χ4v) is 3.68. The molecule has 0 unspecified atom stereocenters. The van der Waals surface area contributed by atoms with E-state index in [1.807, 2.05) is 11.8 Å². The monoisotopic (exact) mass is 416 g/mol. The average Bonchev–Trinajstić information content (AvgIpc) is 2.63. The molecule has 1 saturated heterocycles. The molecule has 7 nitrogen and oxygen atoms in total. The maximum Gasteiger partial charge on any atom is 0.411 e. The minimum Gasteiger partial charge on any atom is -0.377 e. The lowest BCUT2D eigenvalue weighted by atomic mass is 9.91. The number of Topliss-reactive ketones (excluding diaryl/α,β-unsaturated/α-hetero) is 1. The second-order valence-corrected chi connectivity index (χ2v) is 8.25. The number of aromatic nitrogens is 2. The van der Waals surface area contributed by atoms with Gasteiger partial charge in [-0.05, 0) is 20.3 Å². The highest BCUT2D eigenvalue weighted by atomic mass is 19.4. The maximum absolute atomic E-state index is 14.0. The number of rotatable bonds is 4. The van der Waals surface area contributed by atoms with E-state index in [4.69, 9.17) is 4.74 Å². The molecule has 1 fully saturated rings. The molecule has 1 aromatic rings. The van der Waals surface area contributed by atoms with Gasteiger partial charge in [-0.1, -0.05) is 13.8 Å². The molecule has 3 rings (SSSR count). The number of carbonyl (C=O) groups excluding carboxylic acids is 1. The lowest BCUT2D eigenvalue weighted by Gasteiger charge is -2.47. The highest BCUT2D eigenvalue weighted by Gasteiger charge is 2.57. The largest absolute Gasteiger partial charge is 0.411 e. The van der Waals surface area contributed by atoms with Crippen molar-refractivity contribution in [2.75, 3.05) is 36.1 Å². The molecule has 0 aromatic carbocycles. The summed E-state index contributed by atoms with van der Waals surface area (Å²) in [5, 5.41) is 0. The van der Waals surface area contributed by atoms with E-state index in [2.05, 4.69) is 4.98 Å². The quantitative estimate of drug-likeness (QED) is 0.750. The Kier molecular flexibility index (Phi) is 5.68. The fraction of sp³-hybridized carbons (Fsp3) is 0.737. The number of nitrogens with zero attached hydrogens (tertiary/aromatic N) is 4. The van der Waals surface area contributed by atoms with Crippen LogP contribution in [-0.4, -0.2) is 59.4 Å². The summed E-state index contributed by atoms with van der Waals surface area (Å²) in [5.74, 6) is -0.568. The molecule has 29 heavy (non-hydrogen) atoms. The van der Waals surface area contributed by atoms with E-state index in [9.17, 15) is 22.8 Å². The van der Waals surface area contributed by atoms with Crippen molar-refractivity contribution in [3.8, 4) is 0 Å². The molecule has 10 heteroatoms. The van der Waals surface area contributed by atoms with Crippen molar-refractivity contribution in [2.24, 2.45) is 5.92 Å². The number of hydrogen-bond acceptors (Lipinski definition) is 6. The molecule has 2 aliphatic heterocycles. The molecule has 1 aromatic heterocycles. The van der Waals surface area contributed by atoms with Crippen molar-refractivity contribution in [1.82, 2.24) is 9.55 Å². The van der Waals surface area contributed by atoms with Gasteiger partial charge in [0.05, 0.1) is 25.8 Å². The van der Waals surface area contributed by atoms with Crippen LogP contribution in [0.25, 0.3) is 0 Å². The van der Waals surface area contributed by atoms with Crippen molar-refractivity contribution in [1.29, 1.82) is 0 Å². The number of ether oxygens (including phenoxy) is 1. The van der Waals surface area contributed by atoms with E-state index in [1.54, 1.807) is 13.8 Å². The van der Waals surface area contributed by atoms with Gasteiger partial charge in [-0.15, -0.1) is 0 Å². The van der Waals surface area contributed by atoms with Gasteiger partial charge in [-0.3, -0.25) is 14.2 Å². The van der Waals surface area contributed by atoms with Crippen molar-refractivity contribution < 1.29 is 22.7 Å². The second kappa shape index (κ2) is 7.62. The average molecular weight is 416 g/mol. The van der Waals surface area contributed by atoms with Gasteiger partial charge in [0.2, 0.25) is 5.95 Å². The van der Waals surface area contributed by atoms with E-state index in [0.717, 1.165) is 11.8 Å². The normalized spacial score (nSPS) is 25.3. The summed E-state index contributed by atoms with van der Waals surface area (Å²) in [4.78, 5) is 32.4. The SMILES string of the molecule is CC(C)C(=O)CN1c2nc(N3CCOC[C@H]3C)cc(=O)n2CC[C@@]1(C)C(F)(F)F. The molecule has 2 aliphatic rings. The van der Waals surface area contributed by atoms with Crippen LogP contribution < -0.4 is 15.4 Å². The Bertz CT molecular complexity index is 839. The molecule has 2 atom stereocenters. The molecule has 0 N–H and O–H groups in total. The van der Waals surface area contributed by atoms with E-state index in [1.165, 1.54) is 10.6 Å². The number of ketones is 1. The van der Waals surface area contributed by atoms with Gasteiger partial charge in [-0.25, -0.2) is 0 Å². The van der Waals surface area contributed by atoms with Crippen molar-refractivity contribution in [2.45, 2.75) is 58.4 Å². The molecular formula is C19H27F3N4O3. The first-order valence-electron chi connectivity index (χ1n) is 9.79. The van der Waals surface area contributed by atoms with Crippen molar-refractivity contribution in [3.05, 3.63) is 16.4 Å². The molecular weight excluding hydrogens is 389 g/mol. The van der Waals surface area contributed by atoms with Crippen LogP contribution in [0.2, 0.25) is 0 Å². The van der Waals surface area contributed by atoms with Crippen LogP contribution in [0.4, 0.5) is 24.9 Å². The first-order valence-corrected chi connectivity index (χ1v) is 9.79. The van der Waals surface area contributed by atoms with Crippen LogP contribution >= 0.6 is 0 Å². The van der Waals surface area contributed by atoms with Gasteiger partial charge in [0.15, 0.2) is 5.78 Å². The predicted molar refractivity (Wildman–Crippen MR) is 102 cm³/mol. The zero-order valence-corrected chi connectivity index (χ0v) is 17.1. The molecule has 162 valence electrons. The Balaban J connectivity index is 2.13. The molecule has 0 spiro atoms. The van der Waals surface area contributed by atoms with Crippen LogP contribution in [-0.2, 0) is 16.1 Å². The Morgan fingerprint density at radius 1 is 1.38 bits per heavy atom. The smallest absolute Gasteiger partial charge is 0.377 e. The number of hydrogen-bond donors (Lipinski definition) is 0. The van der Waals surface area contributed by atoms with Gasteiger partial charge in [-0.2, -0.15) is 18.2 Å². The third-order valence-corrected chi connectivity index (χ3v) is 5.86. The van der Waals surface area contributed by atoms with E-state index in [-0.39, 0.29) is 30.7 Å². The van der Waals surface area contributed by atoms with E-state index < -0.39 is 29.7 Å². The third kappa shape index (κ3) is 3.86. The Labute approximate surface area is 167 Å². The van der Waals surface area contributed by atoms with Gasteiger partial charge < -0.3 is 14.5 Å². The molecule has 0 aliphatic carbocycles. The Morgan fingerprint density at radius 3 is 2.66 bits per heavy atom. The van der Waals surface area contributed by atoms with Crippen LogP contribution in [0.15, 0.2) is 10.9 Å². The molecule has 0 radical (unpaired) electrons. The van der Waals surface area contributed by atoms with Crippen molar-refractivity contribution in [3.63, 3.8) is 0 Å². The summed E-state index contributed by atoms with van der Waals surface area (Å²) < 4.78 is 48.8. The second-order valence-electron chi connectivity index (χ2n) is 8.25. The number of carbonyl (C=O) groups is 1. The van der Waals surface area contributed by atoms with Gasteiger partial charge in [0.1, 0.15) is 11.4 Å². The highest BCUT2D eigenvalue weighted by molar-refractivity contribution is 5.85. The van der Waals surface area contributed by atoms with Crippen LogP contribution in [0.5, 0.6) is 0 Å². The zero-order valence-electron chi connectivity index (χ0n) is 17.1. The van der Waals surface area contributed by atoms with Gasteiger partial charge in [0.25, 0.3) is 5.56 Å². The number of halogens is 3. The zero-order chi connectivity index (χ0) is 21.6. The summed E-state index contributed by atoms with van der Waals surface area (Å²) in [6, 6.07) is 1.28. The Hall–Kier alpha value is -2.10. The van der Waals surface area contributed by atoms with E-state index >= 15 is 0 Å². The molecule has 0 saturated carbocycles. The van der Waals surface area contributed by atoms with Crippen LogP contribution in [0.3, 0.4) is 0 Å². The maximum atomic E-state index is 14.0. The number of alkyl halides is 3. The first kappa shape index (κ1) is 21.6. The minimum absolute atomic E-state index is 0.0676. The highest BCUT2D eigenvalue weighted by Crippen LogP contribution is 2.43. The third-order valence-electron chi connectivity index (χ3n) is 5.86. The lowest BCUT2D eigenvalue weighted by molar-refractivity contribution is -0.187. The molecule has 3 heterocycles. The summed E-state index contributed by atoms with van der Waals surface area (Å²) in [7, 11) is 0.